The van der Waals surface area contributed by atoms with Crippen molar-refractivity contribution in [3.8, 4) is 5.75 Å². The second kappa shape index (κ2) is 7.87. The first-order valence-corrected chi connectivity index (χ1v) is 12.2. The fourth-order valence-corrected chi connectivity index (χ4v) is 7.60. The van der Waals surface area contributed by atoms with Crippen molar-refractivity contribution in [2.75, 3.05) is 12.4 Å². The van der Waals surface area contributed by atoms with Gasteiger partial charge in [-0.15, -0.1) is 11.3 Å². The van der Waals surface area contributed by atoms with Gasteiger partial charge in [0.05, 0.1) is 25.1 Å². The lowest BCUT2D eigenvalue weighted by atomic mass is 9.54. The summed E-state index contributed by atoms with van der Waals surface area (Å²) in [5, 5.41) is 3.65. The Hall–Kier alpha value is -2.41. The van der Waals surface area contributed by atoms with Crippen molar-refractivity contribution in [2.45, 2.75) is 58.5 Å². The molecule has 2 heterocycles. The van der Waals surface area contributed by atoms with Crippen LogP contribution in [0.3, 0.4) is 0 Å². The number of fused-ring (bicyclic) bond motifs is 4. The van der Waals surface area contributed by atoms with Gasteiger partial charge in [-0.3, -0.25) is 9.59 Å². The molecule has 7 heteroatoms. The number of nitrogens with zero attached hydrogens (tertiary/aromatic N) is 1. The van der Waals surface area contributed by atoms with Crippen molar-refractivity contribution in [1.29, 1.82) is 0 Å². The maximum absolute atomic E-state index is 12.7. The summed E-state index contributed by atoms with van der Waals surface area (Å²) in [5.74, 6) is 1.30. The predicted molar refractivity (Wildman–Crippen MR) is 123 cm³/mol. The lowest BCUT2D eigenvalue weighted by molar-refractivity contribution is -0.149. The summed E-state index contributed by atoms with van der Waals surface area (Å²) in [5.41, 5.74) is 1.99. The number of carbonyl (C=O) groups is 2. The quantitative estimate of drug-likeness (QED) is 0.684. The molecule has 6 nitrogen and oxygen atoms in total. The van der Waals surface area contributed by atoms with Crippen LogP contribution in [0.1, 0.15) is 55.7 Å². The molecule has 1 N–H and O–H groups in total. The third-order valence-corrected chi connectivity index (χ3v) is 8.93. The number of benzene rings is 1. The number of ether oxygens (including phenoxy) is 2. The van der Waals surface area contributed by atoms with E-state index in [-0.39, 0.29) is 47.6 Å². The number of thiazole rings is 1. The number of anilines is 1. The van der Waals surface area contributed by atoms with E-state index in [0.717, 1.165) is 30.5 Å². The molecular weight excluding hydrogens is 424 g/mol. The highest BCUT2D eigenvalue weighted by atomic mass is 32.1. The summed E-state index contributed by atoms with van der Waals surface area (Å²) in [6.45, 7) is 6.55. The standard InChI is InChI=1S/C25H30N2O4S/c1-13-16-9-10-25(3)12-18-21(14(2)20(25)22(16)31-23(13)29)27-24(32-18)26-19(28)11-15-7-5-6-8-17(15)30-4/h5-8,13-14,16,20,22H,9-12H2,1-4H3,(H,26,27,28)/t13-,14-,16-,20+,22-,25+/m0/s1. The van der Waals surface area contributed by atoms with Crippen molar-refractivity contribution < 1.29 is 19.1 Å². The van der Waals surface area contributed by atoms with Gasteiger partial charge in [0.1, 0.15) is 11.9 Å². The number of amides is 1. The number of carbonyl (C=O) groups excluding carboxylic acids is 2. The Bertz CT molecular complexity index is 1070. The monoisotopic (exact) mass is 454 g/mol. The van der Waals surface area contributed by atoms with E-state index in [1.54, 1.807) is 18.4 Å². The van der Waals surface area contributed by atoms with Gasteiger partial charge < -0.3 is 14.8 Å². The average molecular weight is 455 g/mol. The zero-order valence-corrected chi connectivity index (χ0v) is 19.8. The van der Waals surface area contributed by atoms with Crippen LogP contribution in [0.5, 0.6) is 5.75 Å². The number of esters is 1. The van der Waals surface area contributed by atoms with Crippen LogP contribution in [0.4, 0.5) is 5.13 Å². The van der Waals surface area contributed by atoms with Gasteiger partial charge in [-0.05, 0) is 30.7 Å². The molecule has 1 aliphatic heterocycles. The first-order chi connectivity index (χ1) is 15.3. The minimum absolute atomic E-state index is 0.0154. The highest BCUT2D eigenvalue weighted by Crippen LogP contribution is 2.59. The van der Waals surface area contributed by atoms with Crippen LogP contribution < -0.4 is 10.1 Å². The molecule has 0 bridgehead atoms. The van der Waals surface area contributed by atoms with Crippen LogP contribution in [-0.4, -0.2) is 30.1 Å². The molecule has 0 unspecified atom stereocenters. The zero-order valence-electron chi connectivity index (χ0n) is 19.0. The van der Waals surface area contributed by atoms with E-state index in [2.05, 4.69) is 19.2 Å². The number of para-hydroxylation sites is 1. The fourth-order valence-electron chi connectivity index (χ4n) is 6.32. The summed E-state index contributed by atoms with van der Waals surface area (Å²) in [4.78, 5) is 31.1. The molecule has 2 fully saturated rings. The van der Waals surface area contributed by atoms with Crippen LogP contribution in [0.15, 0.2) is 24.3 Å². The number of rotatable bonds is 4. The van der Waals surface area contributed by atoms with E-state index in [4.69, 9.17) is 14.5 Å². The highest BCUT2D eigenvalue weighted by molar-refractivity contribution is 7.15. The van der Waals surface area contributed by atoms with E-state index in [9.17, 15) is 9.59 Å². The van der Waals surface area contributed by atoms with Gasteiger partial charge in [-0.2, -0.15) is 0 Å². The Morgan fingerprint density at radius 3 is 2.88 bits per heavy atom. The second-order valence-electron chi connectivity index (χ2n) is 9.90. The smallest absolute Gasteiger partial charge is 0.309 e. The fraction of sp³-hybridized carbons (Fsp3) is 0.560. The molecule has 3 aliphatic rings. The van der Waals surface area contributed by atoms with Crippen molar-refractivity contribution in [3.05, 3.63) is 40.4 Å². The van der Waals surface area contributed by atoms with E-state index >= 15 is 0 Å². The maximum Gasteiger partial charge on any atom is 0.309 e. The Kier molecular flexibility index (Phi) is 5.27. The molecule has 1 saturated carbocycles. The Labute approximate surface area is 192 Å². The molecule has 0 radical (unpaired) electrons. The van der Waals surface area contributed by atoms with Crippen LogP contribution >= 0.6 is 11.3 Å². The zero-order chi connectivity index (χ0) is 22.6. The van der Waals surface area contributed by atoms with E-state index in [0.29, 0.717) is 16.8 Å². The van der Waals surface area contributed by atoms with Gasteiger partial charge in [0.25, 0.3) is 0 Å². The van der Waals surface area contributed by atoms with Crippen molar-refractivity contribution >= 4 is 28.3 Å². The normalized spacial score (nSPS) is 33.0. The molecule has 1 aromatic carbocycles. The van der Waals surface area contributed by atoms with Crippen molar-refractivity contribution in [1.82, 2.24) is 4.98 Å². The molecule has 2 aromatic rings. The van der Waals surface area contributed by atoms with Crippen LogP contribution in [0.2, 0.25) is 0 Å². The van der Waals surface area contributed by atoms with Crippen molar-refractivity contribution in [3.63, 3.8) is 0 Å². The lowest BCUT2D eigenvalue weighted by Gasteiger charge is -2.51. The van der Waals surface area contributed by atoms with Gasteiger partial charge >= 0.3 is 5.97 Å². The van der Waals surface area contributed by atoms with Gasteiger partial charge in [-0.1, -0.05) is 39.0 Å². The third-order valence-electron chi connectivity index (χ3n) is 7.95. The molecule has 2 aliphatic carbocycles. The minimum atomic E-state index is -0.101. The number of hydrogen-bond acceptors (Lipinski definition) is 6. The Balaban J connectivity index is 1.36. The SMILES string of the molecule is COc1ccccc1CC(=O)Nc1nc2c(s1)C[C@@]1(C)CC[C@@H]3[C@H](OC(=O)[C@H]3C)[C@H]1[C@@H]2C. The van der Waals surface area contributed by atoms with E-state index in [1.165, 1.54) is 4.88 Å². The molecule has 0 spiro atoms. The molecule has 1 aromatic heterocycles. The van der Waals surface area contributed by atoms with Gasteiger partial charge in [-0.25, -0.2) is 4.98 Å². The topological polar surface area (TPSA) is 77.5 Å². The summed E-state index contributed by atoms with van der Waals surface area (Å²) in [6, 6.07) is 7.56. The number of nitrogens with one attached hydrogen (secondary N) is 1. The maximum atomic E-state index is 12.7. The van der Waals surface area contributed by atoms with Gasteiger partial charge in [0, 0.05) is 28.2 Å². The first-order valence-electron chi connectivity index (χ1n) is 11.4. The predicted octanol–water partition coefficient (Wildman–Crippen LogP) is 4.59. The first kappa shape index (κ1) is 21.4. The number of aromatic nitrogens is 1. The second-order valence-corrected chi connectivity index (χ2v) is 11.0. The Morgan fingerprint density at radius 1 is 1.31 bits per heavy atom. The molecule has 32 heavy (non-hydrogen) atoms. The average Bonchev–Trinajstić information content (AvgIpc) is 3.27. The molecule has 1 saturated heterocycles. The molecule has 5 rings (SSSR count). The number of methoxy groups -OCH3 is 1. The van der Waals surface area contributed by atoms with Gasteiger partial charge in [0.15, 0.2) is 5.13 Å². The third kappa shape index (κ3) is 3.41. The minimum Gasteiger partial charge on any atom is -0.496 e. The summed E-state index contributed by atoms with van der Waals surface area (Å²) >= 11 is 1.59. The lowest BCUT2D eigenvalue weighted by Crippen LogP contribution is -2.50. The van der Waals surface area contributed by atoms with E-state index in [1.807, 2.05) is 31.2 Å². The summed E-state index contributed by atoms with van der Waals surface area (Å²) in [7, 11) is 1.61. The highest BCUT2D eigenvalue weighted by Gasteiger charge is 2.58. The largest absolute Gasteiger partial charge is 0.496 e. The van der Waals surface area contributed by atoms with Gasteiger partial charge in [0.2, 0.25) is 5.91 Å². The van der Waals surface area contributed by atoms with Crippen molar-refractivity contribution in [2.24, 2.45) is 23.2 Å². The molecule has 170 valence electrons. The molecule has 6 atom stereocenters. The van der Waals surface area contributed by atoms with Crippen LogP contribution in [-0.2, 0) is 27.2 Å². The van der Waals surface area contributed by atoms with Crippen LogP contribution in [0.25, 0.3) is 0 Å². The van der Waals surface area contributed by atoms with E-state index < -0.39 is 0 Å². The van der Waals surface area contributed by atoms with Crippen LogP contribution in [0, 0.1) is 23.2 Å². The summed E-state index contributed by atoms with van der Waals surface area (Å²) < 4.78 is 11.3. The number of hydrogen-bond donors (Lipinski definition) is 1. The molecular formula is C25H30N2O4S. The Morgan fingerprint density at radius 2 is 2.09 bits per heavy atom. The summed E-state index contributed by atoms with van der Waals surface area (Å²) in [6.07, 6.45) is 3.27. The molecule has 1 amide bonds.